The van der Waals surface area contributed by atoms with E-state index in [0.717, 1.165) is 22.5 Å². The maximum absolute atomic E-state index is 11.7. The first kappa shape index (κ1) is 12.4. The van der Waals surface area contributed by atoms with Crippen molar-refractivity contribution in [1.82, 2.24) is 10.2 Å². The first-order valence-corrected chi connectivity index (χ1v) is 5.80. The normalized spacial score (nSPS) is 10.4. The number of nitrogens with zero attached hydrogens (tertiary/aromatic N) is 1. The Hall–Kier alpha value is -2.10. The van der Waals surface area contributed by atoms with E-state index in [1.54, 1.807) is 6.07 Å². The van der Waals surface area contributed by atoms with Crippen molar-refractivity contribution in [3.05, 3.63) is 52.3 Å². The largest absolute Gasteiger partial charge is 0.465 e. The Labute approximate surface area is 106 Å². The number of ether oxygens (including phenoxy) is 1. The molecule has 0 atom stereocenters. The molecule has 2 rings (SSSR count). The number of carbonyl (C=O) groups excluding carboxylic acids is 1. The lowest BCUT2D eigenvalue weighted by Crippen LogP contribution is -2.06. The molecule has 0 aliphatic heterocycles. The molecule has 0 aliphatic carbocycles. The molecule has 0 fully saturated rings. The second kappa shape index (κ2) is 5.04. The van der Waals surface area contributed by atoms with E-state index in [0.29, 0.717) is 12.0 Å². The van der Waals surface area contributed by atoms with Gasteiger partial charge in [-0.2, -0.15) is 5.10 Å². The third kappa shape index (κ3) is 2.27. The zero-order chi connectivity index (χ0) is 13.1. The molecule has 0 aliphatic rings. The number of aryl methyl sites for hydroxylation is 2. The number of nitrogens with one attached hydrogen (secondary N) is 1. The molecule has 1 heterocycles. The van der Waals surface area contributed by atoms with Gasteiger partial charge in [-0.15, -0.1) is 0 Å². The number of aromatic amines is 1. The maximum Gasteiger partial charge on any atom is 0.338 e. The van der Waals surface area contributed by atoms with Crippen LogP contribution in [0.1, 0.15) is 32.9 Å². The summed E-state index contributed by atoms with van der Waals surface area (Å²) in [6, 6.07) is 7.49. The average Bonchev–Trinajstić information content (AvgIpc) is 2.70. The Balaban J connectivity index is 2.38. The van der Waals surface area contributed by atoms with Crippen LogP contribution in [0.2, 0.25) is 0 Å². The Bertz CT molecular complexity index is 553. The summed E-state index contributed by atoms with van der Waals surface area (Å²) in [4.78, 5) is 11.7. The highest BCUT2D eigenvalue weighted by Gasteiger charge is 2.14. The number of benzene rings is 1. The van der Waals surface area contributed by atoms with E-state index in [2.05, 4.69) is 10.2 Å². The summed E-state index contributed by atoms with van der Waals surface area (Å²) in [6.07, 6.45) is 0.680. The minimum atomic E-state index is -0.301. The molecule has 0 amide bonds. The Morgan fingerprint density at radius 1 is 1.33 bits per heavy atom. The van der Waals surface area contributed by atoms with Crippen molar-refractivity contribution < 1.29 is 9.53 Å². The molecule has 1 aromatic heterocycles. The van der Waals surface area contributed by atoms with Crippen LogP contribution in [0.25, 0.3) is 0 Å². The smallest absolute Gasteiger partial charge is 0.338 e. The van der Waals surface area contributed by atoms with Gasteiger partial charge in [0, 0.05) is 17.7 Å². The Morgan fingerprint density at radius 3 is 2.67 bits per heavy atom. The van der Waals surface area contributed by atoms with E-state index in [4.69, 9.17) is 4.74 Å². The number of carbonyl (C=O) groups is 1. The van der Waals surface area contributed by atoms with Crippen LogP contribution in [-0.2, 0) is 11.2 Å². The number of esters is 1. The van der Waals surface area contributed by atoms with Gasteiger partial charge in [0.05, 0.1) is 18.4 Å². The first-order chi connectivity index (χ1) is 8.63. The summed E-state index contributed by atoms with van der Waals surface area (Å²) < 4.78 is 4.79. The third-order valence-electron chi connectivity index (χ3n) is 3.07. The Kier molecular flexibility index (Phi) is 3.46. The molecule has 0 spiro atoms. The summed E-state index contributed by atoms with van der Waals surface area (Å²) in [7, 11) is 1.40. The molecule has 0 saturated carbocycles. The lowest BCUT2D eigenvalue weighted by atomic mass is 9.99. The fourth-order valence-corrected chi connectivity index (χ4v) is 2.01. The number of hydrogen-bond acceptors (Lipinski definition) is 3. The Morgan fingerprint density at radius 2 is 2.06 bits per heavy atom. The molecule has 18 heavy (non-hydrogen) atoms. The van der Waals surface area contributed by atoms with E-state index in [9.17, 15) is 4.79 Å². The van der Waals surface area contributed by atoms with Crippen molar-refractivity contribution in [3.63, 3.8) is 0 Å². The zero-order valence-electron chi connectivity index (χ0n) is 10.8. The highest BCUT2D eigenvalue weighted by molar-refractivity contribution is 5.91. The van der Waals surface area contributed by atoms with Crippen molar-refractivity contribution in [2.75, 3.05) is 7.11 Å². The summed E-state index contributed by atoms with van der Waals surface area (Å²) in [6.45, 7) is 3.94. The van der Waals surface area contributed by atoms with Gasteiger partial charge in [0.1, 0.15) is 0 Å². The summed E-state index contributed by atoms with van der Waals surface area (Å²) in [5, 5.41) is 7.12. The molecule has 0 saturated heterocycles. The lowest BCUT2D eigenvalue weighted by Gasteiger charge is -2.07. The van der Waals surface area contributed by atoms with Crippen LogP contribution in [0.3, 0.4) is 0 Å². The van der Waals surface area contributed by atoms with Crippen LogP contribution in [0.4, 0.5) is 0 Å². The second-order valence-electron chi connectivity index (χ2n) is 4.24. The van der Waals surface area contributed by atoms with Crippen molar-refractivity contribution in [3.8, 4) is 0 Å². The van der Waals surface area contributed by atoms with E-state index < -0.39 is 0 Å². The zero-order valence-corrected chi connectivity index (χ0v) is 10.8. The summed E-state index contributed by atoms with van der Waals surface area (Å²) in [5.41, 5.74) is 4.70. The van der Waals surface area contributed by atoms with Gasteiger partial charge in [-0.05, 0) is 25.5 Å². The van der Waals surface area contributed by atoms with Gasteiger partial charge in [0.15, 0.2) is 0 Å². The molecule has 0 bridgehead atoms. The summed E-state index contributed by atoms with van der Waals surface area (Å²) >= 11 is 0. The third-order valence-corrected chi connectivity index (χ3v) is 3.07. The van der Waals surface area contributed by atoms with Gasteiger partial charge in [-0.25, -0.2) is 4.79 Å². The van der Waals surface area contributed by atoms with Crippen molar-refractivity contribution in [2.45, 2.75) is 20.3 Å². The van der Waals surface area contributed by atoms with Gasteiger partial charge in [-0.1, -0.05) is 18.2 Å². The minimum Gasteiger partial charge on any atom is -0.465 e. The van der Waals surface area contributed by atoms with Crippen LogP contribution < -0.4 is 0 Å². The number of aromatic nitrogens is 2. The van der Waals surface area contributed by atoms with E-state index >= 15 is 0 Å². The van der Waals surface area contributed by atoms with Gasteiger partial charge in [-0.3, -0.25) is 5.10 Å². The van der Waals surface area contributed by atoms with Gasteiger partial charge >= 0.3 is 5.97 Å². The number of methoxy groups -OCH3 is 1. The van der Waals surface area contributed by atoms with Crippen LogP contribution >= 0.6 is 0 Å². The monoisotopic (exact) mass is 244 g/mol. The van der Waals surface area contributed by atoms with Crippen molar-refractivity contribution in [1.29, 1.82) is 0 Å². The molecule has 0 radical (unpaired) electrons. The van der Waals surface area contributed by atoms with Gasteiger partial charge in [0.2, 0.25) is 0 Å². The first-order valence-electron chi connectivity index (χ1n) is 5.80. The predicted molar refractivity (Wildman–Crippen MR) is 68.6 cm³/mol. The van der Waals surface area contributed by atoms with Gasteiger partial charge in [0.25, 0.3) is 0 Å². The number of H-pyrrole nitrogens is 1. The molecule has 1 N–H and O–H groups in total. The molecule has 4 nitrogen and oxygen atoms in total. The van der Waals surface area contributed by atoms with Crippen LogP contribution in [-0.4, -0.2) is 23.3 Å². The van der Waals surface area contributed by atoms with Crippen molar-refractivity contribution in [2.24, 2.45) is 0 Å². The van der Waals surface area contributed by atoms with Crippen LogP contribution in [0.15, 0.2) is 24.3 Å². The van der Waals surface area contributed by atoms with E-state index in [1.165, 1.54) is 7.11 Å². The lowest BCUT2D eigenvalue weighted by molar-refractivity contribution is 0.0599. The predicted octanol–water partition coefficient (Wildman–Crippen LogP) is 2.40. The summed E-state index contributed by atoms with van der Waals surface area (Å²) in [5.74, 6) is -0.301. The molecule has 2 aromatic rings. The second-order valence-corrected chi connectivity index (χ2v) is 4.24. The van der Waals surface area contributed by atoms with Gasteiger partial charge < -0.3 is 4.74 Å². The molecule has 0 unspecified atom stereocenters. The standard InChI is InChI=1S/C14H16N2O2/c1-9-13(10(2)16-15-9)8-11-6-4-5-7-12(11)14(17)18-3/h4-7H,8H2,1-3H3,(H,15,16). The molecular formula is C14H16N2O2. The van der Waals surface area contributed by atoms with E-state index in [1.807, 2.05) is 32.0 Å². The molecule has 4 heteroatoms. The molecule has 94 valence electrons. The minimum absolute atomic E-state index is 0.301. The number of rotatable bonds is 3. The molecule has 1 aromatic carbocycles. The highest BCUT2D eigenvalue weighted by atomic mass is 16.5. The average molecular weight is 244 g/mol. The van der Waals surface area contributed by atoms with Crippen LogP contribution in [0, 0.1) is 13.8 Å². The van der Waals surface area contributed by atoms with E-state index in [-0.39, 0.29) is 5.97 Å². The maximum atomic E-state index is 11.7. The SMILES string of the molecule is COC(=O)c1ccccc1Cc1c(C)n[nH]c1C. The number of hydrogen-bond donors (Lipinski definition) is 1. The molecular weight excluding hydrogens is 228 g/mol. The topological polar surface area (TPSA) is 55.0 Å². The fraction of sp³-hybridized carbons (Fsp3) is 0.286. The fourth-order valence-electron chi connectivity index (χ4n) is 2.01. The highest BCUT2D eigenvalue weighted by Crippen LogP contribution is 2.19. The van der Waals surface area contributed by atoms with Crippen molar-refractivity contribution >= 4 is 5.97 Å². The van der Waals surface area contributed by atoms with Crippen LogP contribution in [0.5, 0.6) is 0 Å². The quantitative estimate of drug-likeness (QED) is 0.843.